The topological polar surface area (TPSA) is 26.0 Å². The molecule has 2 N–H and O–H groups in total. The van der Waals surface area contributed by atoms with Crippen LogP contribution in [0.3, 0.4) is 0 Å². The summed E-state index contributed by atoms with van der Waals surface area (Å²) in [6.45, 7) is 9.52. The molecule has 0 aliphatic carbocycles. The highest BCUT2D eigenvalue weighted by Gasteiger charge is 2.17. The summed E-state index contributed by atoms with van der Waals surface area (Å²) in [5.74, 6) is 0. The molecule has 1 aromatic rings. The van der Waals surface area contributed by atoms with Crippen molar-refractivity contribution in [2.45, 2.75) is 46.0 Å². The van der Waals surface area contributed by atoms with E-state index in [1.54, 1.807) is 0 Å². The highest BCUT2D eigenvalue weighted by molar-refractivity contribution is 5.23. The summed E-state index contributed by atoms with van der Waals surface area (Å²) >= 11 is 0. The molecule has 0 saturated heterocycles. The third-order valence-corrected chi connectivity index (χ3v) is 2.43. The van der Waals surface area contributed by atoms with E-state index >= 15 is 0 Å². The molecular formula is C14H25N. The highest BCUT2D eigenvalue weighted by atomic mass is 14.5. The van der Waals surface area contributed by atoms with Crippen LogP contribution in [0.2, 0.25) is 0 Å². The van der Waals surface area contributed by atoms with Gasteiger partial charge in [0.1, 0.15) is 0 Å². The van der Waals surface area contributed by atoms with E-state index in [1.165, 1.54) is 18.4 Å². The molecule has 15 heavy (non-hydrogen) atoms. The Morgan fingerprint density at radius 3 is 1.93 bits per heavy atom. The minimum absolute atomic E-state index is 0.343. The predicted octanol–water partition coefficient (Wildman–Crippen LogP) is 3.73. The Bertz CT molecular complexity index is 239. The van der Waals surface area contributed by atoms with Gasteiger partial charge in [0.2, 0.25) is 0 Å². The van der Waals surface area contributed by atoms with Crippen LogP contribution in [-0.4, -0.2) is 6.54 Å². The summed E-state index contributed by atoms with van der Waals surface area (Å²) in [7, 11) is 0. The third-order valence-electron chi connectivity index (χ3n) is 2.43. The Labute approximate surface area is 94.7 Å². The zero-order valence-electron chi connectivity index (χ0n) is 10.6. The maximum Gasteiger partial charge on any atom is -0.0104 e. The summed E-state index contributed by atoms with van der Waals surface area (Å²) < 4.78 is 0. The zero-order valence-corrected chi connectivity index (χ0v) is 10.6. The van der Waals surface area contributed by atoms with Crippen LogP contribution >= 0.6 is 0 Å². The van der Waals surface area contributed by atoms with Crippen LogP contribution in [0.1, 0.15) is 46.1 Å². The summed E-state index contributed by atoms with van der Waals surface area (Å²) in [5, 5.41) is 0. The van der Waals surface area contributed by atoms with Gasteiger partial charge in [-0.3, -0.25) is 0 Å². The van der Waals surface area contributed by atoms with E-state index in [-0.39, 0.29) is 0 Å². The van der Waals surface area contributed by atoms with Crippen molar-refractivity contribution in [2.24, 2.45) is 5.73 Å². The van der Waals surface area contributed by atoms with Crippen LogP contribution in [0, 0.1) is 0 Å². The Balaban J connectivity index is 0.000000583. The number of nitrogens with two attached hydrogens (primary N) is 1. The maximum atomic E-state index is 4.85. The molecule has 0 fully saturated rings. The molecule has 86 valence electrons. The van der Waals surface area contributed by atoms with Crippen molar-refractivity contribution in [3.05, 3.63) is 35.9 Å². The standard InChI is InChI=1S/C12H18.C2H7N/c1-4-10-12(2,3)11-8-6-5-7-9-11;1-2-3/h5-9H,4,10H2,1-3H3;2-3H2,1H3. The first-order valence-electron chi connectivity index (χ1n) is 5.84. The molecular weight excluding hydrogens is 182 g/mol. The van der Waals surface area contributed by atoms with Gasteiger partial charge in [-0.15, -0.1) is 0 Å². The van der Waals surface area contributed by atoms with Crippen LogP contribution in [0.25, 0.3) is 0 Å². The van der Waals surface area contributed by atoms with Gasteiger partial charge in [-0.2, -0.15) is 0 Å². The molecule has 0 atom stereocenters. The fraction of sp³-hybridized carbons (Fsp3) is 0.571. The highest BCUT2D eigenvalue weighted by Crippen LogP contribution is 2.27. The summed E-state index contributed by atoms with van der Waals surface area (Å²) in [5.41, 5.74) is 6.64. The molecule has 0 spiro atoms. The molecule has 0 aromatic heterocycles. The second-order valence-corrected chi connectivity index (χ2v) is 4.41. The Morgan fingerprint density at radius 2 is 1.53 bits per heavy atom. The minimum atomic E-state index is 0.343. The molecule has 1 heteroatoms. The fourth-order valence-corrected chi connectivity index (χ4v) is 1.66. The van der Waals surface area contributed by atoms with Gasteiger partial charge < -0.3 is 5.73 Å². The molecule has 0 aliphatic heterocycles. The fourth-order valence-electron chi connectivity index (χ4n) is 1.66. The van der Waals surface area contributed by atoms with Gasteiger partial charge in [0.25, 0.3) is 0 Å². The second-order valence-electron chi connectivity index (χ2n) is 4.41. The van der Waals surface area contributed by atoms with Crippen LogP contribution in [0.15, 0.2) is 30.3 Å². The van der Waals surface area contributed by atoms with Gasteiger partial charge in [0, 0.05) is 0 Å². The second kappa shape index (κ2) is 7.47. The van der Waals surface area contributed by atoms with Crippen LogP contribution in [-0.2, 0) is 5.41 Å². The van der Waals surface area contributed by atoms with Gasteiger partial charge in [-0.25, -0.2) is 0 Å². The molecule has 1 rings (SSSR count). The lowest BCUT2D eigenvalue weighted by atomic mass is 9.81. The molecule has 0 amide bonds. The largest absolute Gasteiger partial charge is 0.331 e. The van der Waals surface area contributed by atoms with Gasteiger partial charge in [0.15, 0.2) is 0 Å². The number of benzene rings is 1. The monoisotopic (exact) mass is 207 g/mol. The van der Waals surface area contributed by atoms with Crippen molar-refractivity contribution in [3.63, 3.8) is 0 Å². The van der Waals surface area contributed by atoms with Crippen molar-refractivity contribution >= 4 is 0 Å². The Morgan fingerprint density at radius 1 is 1.07 bits per heavy atom. The van der Waals surface area contributed by atoms with E-state index in [0.29, 0.717) is 5.41 Å². The van der Waals surface area contributed by atoms with Crippen LogP contribution < -0.4 is 5.73 Å². The van der Waals surface area contributed by atoms with Crippen LogP contribution in [0.5, 0.6) is 0 Å². The van der Waals surface area contributed by atoms with Gasteiger partial charge in [-0.1, -0.05) is 64.4 Å². The number of hydrogen-bond acceptors (Lipinski definition) is 1. The lowest BCUT2D eigenvalue weighted by Gasteiger charge is -2.24. The van der Waals surface area contributed by atoms with Crippen molar-refractivity contribution in [1.82, 2.24) is 0 Å². The average Bonchev–Trinajstić information content (AvgIpc) is 2.20. The molecule has 0 bridgehead atoms. The first kappa shape index (κ1) is 14.2. The van der Waals surface area contributed by atoms with E-state index in [2.05, 4.69) is 51.1 Å². The molecule has 1 nitrogen and oxygen atoms in total. The zero-order chi connectivity index (χ0) is 11.7. The Kier molecular flexibility index (Phi) is 7.06. The number of hydrogen-bond donors (Lipinski definition) is 1. The van der Waals surface area contributed by atoms with Gasteiger partial charge in [-0.05, 0) is 23.9 Å². The molecule has 1 aromatic carbocycles. The first-order valence-corrected chi connectivity index (χ1v) is 5.84. The summed E-state index contributed by atoms with van der Waals surface area (Å²) in [6.07, 6.45) is 2.51. The number of rotatable bonds is 3. The maximum absolute atomic E-state index is 4.85. The molecule has 0 unspecified atom stereocenters. The van der Waals surface area contributed by atoms with Crippen molar-refractivity contribution in [2.75, 3.05) is 6.54 Å². The van der Waals surface area contributed by atoms with Crippen molar-refractivity contribution in [1.29, 1.82) is 0 Å². The van der Waals surface area contributed by atoms with E-state index in [0.717, 1.165) is 6.54 Å². The smallest absolute Gasteiger partial charge is 0.0104 e. The normalized spacial score (nSPS) is 10.5. The van der Waals surface area contributed by atoms with E-state index in [9.17, 15) is 0 Å². The molecule has 0 aliphatic rings. The predicted molar refractivity (Wildman–Crippen MR) is 69.1 cm³/mol. The van der Waals surface area contributed by atoms with Crippen molar-refractivity contribution in [3.8, 4) is 0 Å². The summed E-state index contributed by atoms with van der Waals surface area (Å²) in [4.78, 5) is 0. The van der Waals surface area contributed by atoms with E-state index in [4.69, 9.17) is 5.73 Å². The minimum Gasteiger partial charge on any atom is -0.331 e. The lowest BCUT2D eigenvalue weighted by molar-refractivity contribution is 0.473. The first-order chi connectivity index (χ1) is 7.08. The van der Waals surface area contributed by atoms with E-state index < -0.39 is 0 Å². The molecule has 0 heterocycles. The van der Waals surface area contributed by atoms with E-state index in [1.807, 2.05) is 6.92 Å². The van der Waals surface area contributed by atoms with Gasteiger partial charge >= 0.3 is 0 Å². The Hall–Kier alpha value is -0.820. The third kappa shape index (κ3) is 5.58. The quantitative estimate of drug-likeness (QED) is 0.803. The van der Waals surface area contributed by atoms with Crippen molar-refractivity contribution < 1.29 is 0 Å². The van der Waals surface area contributed by atoms with Gasteiger partial charge in [0.05, 0.1) is 0 Å². The summed E-state index contributed by atoms with van der Waals surface area (Å²) in [6, 6.07) is 10.7. The molecule has 0 radical (unpaired) electrons. The molecule has 0 saturated carbocycles. The lowest BCUT2D eigenvalue weighted by Crippen LogP contribution is -2.16. The average molecular weight is 207 g/mol. The SMILES string of the molecule is CCCC(C)(C)c1ccccc1.CCN. The van der Waals surface area contributed by atoms with Crippen LogP contribution in [0.4, 0.5) is 0 Å².